The molecule has 0 atom stereocenters. The fourth-order valence-electron chi connectivity index (χ4n) is 1.88. The molecule has 116 valence electrons. The maximum atomic E-state index is 11.3. The maximum Gasteiger partial charge on any atom is 0.290 e. The molecule has 1 aromatic heterocycles. The van der Waals surface area contributed by atoms with Gasteiger partial charge in [-0.3, -0.25) is 10.1 Å². The third-order valence-electron chi connectivity index (χ3n) is 2.99. The molecule has 0 fully saturated rings. The first-order valence-electron chi connectivity index (χ1n) is 6.49. The maximum absolute atomic E-state index is 11.3. The second-order valence-electron chi connectivity index (χ2n) is 4.65. The Bertz CT molecular complexity index is 863. The van der Waals surface area contributed by atoms with Crippen LogP contribution in [0.4, 0.5) is 5.69 Å². The molecule has 23 heavy (non-hydrogen) atoms. The highest BCUT2D eigenvalue weighted by Gasteiger charge is 2.22. The van der Waals surface area contributed by atoms with Gasteiger partial charge in [-0.2, -0.15) is 0 Å². The Balaban J connectivity index is 1.97. The minimum Gasteiger partial charge on any atom is -0.523 e. The van der Waals surface area contributed by atoms with Crippen LogP contribution in [0.1, 0.15) is 5.56 Å². The molecular weight excluding hydrogens is 320 g/mol. The summed E-state index contributed by atoms with van der Waals surface area (Å²) in [6, 6.07) is 12.1. The predicted molar refractivity (Wildman–Crippen MR) is 77.2 cm³/mol. The monoisotopic (exact) mass is 330 g/mol. The third-order valence-corrected chi connectivity index (χ3v) is 4.06. The molecule has 1 heterocycles. The molecular formula is C14H10N4O4S. The fourth-order valence-corrected chi connectivity index (χ4v) is 2.78. The van der Waals surface area contributed by atoms with Gasteiger partial charge in [-0.25, -0.2) is 0 Å². The number of aryl methyl sites for hydroxylation is 1. The van der Waals surface area contributed by atoms with Crippen LogP contribution in [0, 0.1) is 17.0 Å². The summed E-state index contributed by atoms with van der Waals surface area (Å²) in [5.41, 5.74) is 1.29. The number of hydrogen-bond acceptors (Lipinski definition) is 7. The normalized spacial score (nSPS) is 10.7. The second kappa shape index (κ2) is 6.05. The third kappa shape index (κ3) is 3.29. The minimum absolute atomic E-state index is 0.0992. The van der Waals surface area contributed by atoms with Gasteiger partial charge in [-0.05, 0) is 25.1 Å². The molecule has 2 aromatic carbocycles. The lowest BCUT2D eigenvalue weighted by Crippen LogP contribution is -2.35. The van der Waals surface area contributed by atoms with Crippen LogP contribution in [0.15, 0.2) is 56.8 Å². The quantitative estimate of drug-likeness (QED) is 0.407. The highest BCUT2D eigenvalue weighted by Crippen LogP contribution is 2.35. The summed E-state index contributed by atoms with van der Waals surface area (Å²) in [6.45, 7) is 1.97. The van der Waals surface area contributed by atoms with Crippen LogP contribution in [0.3, 0.4) is 0 Å². The smallest absolute Gasteiger partial charge is 0.290 e. The van der Waals surface area contributed by atoms with Gasteiger partial charge in [-0.1, -0.05) is 29.5 Å². The number of nitrogens with zero attached hydrogens (tertiary/aromatic N) is 4. The summed E-state index contributed by atoms with van der Waals surface area (Å²) in [5.74, 6) is 0. The number of nitro groups is 1. The predicted octanol–water partition coefficient (Wildman–Crippen LogP) is 1.79. The first-order valence-corrected chi connectivity index (χ1v) is 7.31. The number of aromatic nitrogens is 3. The first-order chi connectivity index (χ1) is 11.0. The zero-order valence-corrected chi connectivity index (χ0v) is 12.7. The molecule has 3 aromatic rings. The van der Waals surface area contributed by atoms with Crippen LogP contribution < -0.4 is 9.90 Å². The van der Waals surface area contributed by atoms with E-state index in [1.54, 1.807) is 12.1 Å². The number of nitro benzene ring substituents is 1. The van der Waals surface area contributed by atoms with Crippen molar-refractivity contribution in [2.75, 3.05) is 0 Å². The molecule has 0 spiro atoms. The number of hydrogen-bond donors (Lipinski definition) is 0. The van der Waals surface area contributed by atoms with Crippen LogP contribution >= 0.6 is 11.8 Å². The molecule has 9 heteroatoms. The van der Waals surface area contributed by atoms with Crippen molar-refractivity contribution in [2.45, 2.75) is 16.7 Å². The summed E-state index contributed by atoms with van der Waals surface area (Å²) >= 11 is 1.28. The van der Waals surface area contributed by atoms with Gasteiger partial charge >= 0.3 is 0 Å². The molecule has 0 saturated carbocycles. The lowest BCUT2D eigenvalue weighted by Gasteiger charge is -2.03. The topological polar surface area (TPSA) is 109 Å². The van der Waals surface area contributed by atoms with Crippen LogP contribution in [0.5, 0.6) is 6.08 Å². The highest BCUT2D eigenvalue weighted by atomic mass is 32.2. The fraction of sp³-hybridized carbons (Fsp3) is 0.0714. The molecule has 0 radical (unpaired) electrons. The van der Waals surface area contributed by atoms with E-state index in [2.05, 4.69) is 14.9 Å². The Hall–Kier alpha value is -2.94. The molecule has 3 rings (SSSR count). The largest absolute Gasteiger partial charge is 0.523 e. The summed E-state index contributed by atoms with van der Waals surface area (Å²) in [4.78, 5) is 13.1. The van der Waals surface area contributed by atoms with Gasteiger partial charge in [0, 0.05) is 11.0 Å². The van der Waals surface area contributed by atoms with Crippen molar-refractivity contribution in [2.24, 2.45) is 0 Å². The molecule has 0 aliphatic carbocycles. The van der Waals surface area contributed by atoms with Crippen molar-refractivity contribution < 1.29 is 19.3 Å². The van der Waals surface area contributed by atoms with E-state index in [4.69, 9.17) is 0 Å². The van der Waals surface area contributed by atoms with Crippen LogP contribution in [0.2, 0.25) is 0 Å². The van der Waals surface area contributed by atoms with Crippen molar-refractivity contribution in [3.8, 4) is 11.8 Å². The van der Waals surface area contributed by atoms with E-state index < -0.39 is 11.0 Å². The Morgan fingerprint density at radius 1 is 1.22 bits per heavy atom. The molecule has 0 aliphatic heterocycles. The van der Waals surface area contributed by atoms with E-state index >= 15 is 0 Å². The van der Waals surface area contributed by atoms with Gasteiger partial charge in [0.05, 0.1) is 25.8 Å². The van der Waals surface area contributed by atoms with Crippen molar-refractivity contribution in [1.29, 1.82) is 0 Å². The Morgan fingerprint density at radius 3 is 2.57 bits per heavy atom. The van der Waals surface area contributed by atoms with E-state index in [0.717, 1.165) is 15.3 Å². The van der Waals surface area contributed by atoms with Crippen molar-refractivity contribution >= 4 is 17.4 Å². The standard InChI is InChI=1S/C14H10N4O4S/c1-9-2-5-11(6-3-9)23-13-7-4-10(8-12(13)18(20)21)17-15-14(19)22-16-17/h2-8H,1H3. The lowest BCUT2D eigenvalue weighted by atomic mass is 10.2. The summed E-state index contributed by atoms with van der Waals surface area (Å²) in [6.07, 6.45) is -0.870. The van der Waals surface area contributed by atoms with Crippen molar-refractivity contribution in [1.82, 2.24) is 10.4 Å². The zero-order valence-electron chi connectivity index (χ0n) is 11.9. The van der Waals surface area contributed by atoms with E-state index in [1.807, 2.05) is 31.2 Å². The molecule has 0 N–H and O–H groups in total. The lowest BCUT2D eigenvalue weighted by molar-refractivity contribution is -0.726. The van der Waals surface area contributed by atoms with E-state index in [1.165, 1.54) is 17.8 Å². The molecule has 0 amide bonds. The van der Waals surface area contributed by atoms with Gasteiger partial charge in [0.1, 0.15) is 5.27 Å². The Morgan fingerprint density at radius 2 is 1.96 bits per heavy atom. The zero-order chi connectivity index (χ0) is 16.4. The molecule has 0 saturated heterocycles. The molecule has 0 bridgehead atoms. The van der Waals surface area contributed by atoms with Gasteiger partial charge in [0.15, 0.2) is 0 Å². The molecule has 8 nitrogen and oxygen atoms in total. The van der Waals surface area contributed by atoms with E-state index in [9.17, 15) is 15.2 Å². The second-order valence-corrected chi connectivity index (χ2v) is 5.77. The van der Waals surface area contributed by atoms with Gasteiger partial charge in [0.25, 0.3) is 11.4 Å². The molecule has 0 aliphatic rings. The van der Waals surface area contributed by atoms with Gasteiger partial charge in [-0.15, -0.1) is 0 Å². The highest BCUT2D eigenvalue weighted by molar-refractivity contribution is 7.99. The number of rotatable bonds is 4. The van der Waals surface area contributed by atoms with Crippen molar-refractivity contribution in [3.05, 3.63) is 58.1 Å². The Kier molecular flexibility index (Phi) is 3.94. The summed E-state index contributed by atoms with van der Waals surface area (Å²) < 4.78 is 4.33. The Labute approximate surface area is 134 Å². The summed E-state index contributed by atoms with van der Waals surface area (Å²) in [7, 11) is 0. The van der Waals surface area contributed by atoms with Crippen LogP contribution in [-0.2, 0) is 0 Å². The van der Waals surface area contributed by atoms with Crippen LogP contribution in [0.25, 0.3) is 5.69 Å². The van der Waals surface area contributed by atoms with E-state index in [0.29, 0.717) is 4.90 Å². The average molecular weight is 330 g/mol. The minimum atomic E-state index is -0.870. The summed E-state index contributed by atoms with van der Waals surface area (Å²) in [5, 5.41) is 29.1. The first kappa shape index (κ1) is 15.0. The van der Waals surface area contributed by atoms with Gasteiger partial charge < -0.3 is 9.63 Å². The van der Waals surface area contributed by atoms with E-state index in [-0.39, 0.29) is 11.4 Å². The average Bonchev–Trinajstić information content (AvgIpc) is 2.96. The SMILES string of the molecule is Cc1ccc(Sc2ccc(-[n+]3noc([O-])n3)cc2[N+](=O)[O-])cc1. The van der Waals surface area contributed by atoms with Crippen molar-refractivity contribution in [3.63, 3.8) is 0 Å². The van der Waals surface area contributed by atoms with Crippen LogP contribution in [-0.4, -0.2) is 15.3 Å². The molecule has 0 unspecified atom stereocenters. The van der Waals surface area contributed by atoms with Gasteiger partial charge in [0.2, 0.25) is 6.08 Å². The number of benzene rings is 2.